The van der Waals surface area contributed by atoms with Gasteiger partial charge in [-0.2, -0.15) is 0 Å². The number of hydrogen-bond donors (Lipinski definition) is 1. The van der Waals surface area contributed by atoms with E-state index in [1.54, 1.807) is 6.07 Å². The Morgan fingerprint density at radius 3 is 2.42 bits per heavy atom. The van der Waals surface area contributed by atoms with Gasteiger partial charge in [-0.3, -0.25) is 0 Å². The normalized spacial score (nSPS) is 8.75. The van der Waals surface area contributed by atoms with Gasteiger partial charge in [0.2, 0.25) is 0 Å². The lowest BCUT2D eigenvalue weighted by Crippen LogP contribution is -1.88. The highest BCUT2D eigenvalue weighted by Crippen LogP contribution is 2.10. The van der Waals surface area contributed by atoms with Crippen LogP contribution in [0.2, 0.25) is 0 Å². The molecular formula is C9H14BrNO. The molecule has 0 radical (unpaired) electrons. The van der Waals surface area contributed by atoms with Crippen molar-refractivity contribution in [3.05, 3.63) is 28.0 Å². The average Bonchev–Trinajstić information content (AvgIpc) is 2.06. The second-order valence-electron chi connectivity index (χ2n) is 2.10. The lowest BCUT2D eigenvalue weighted by atomic mass is 10.2. The lowest BCUT2D eigenvalue weighted by molar-refractivity contribution is 0.281. The van der Waals surface area contributed by atoms with E-state index in [9.17, 15) is 0 Å². The maximum absolute atomic E-state index is 8.74. The smallest absolute Gasteiger partial charge is 0.106 e. The van der Waals surface area contributed by atoms with E-state index in [0.29, 0.717) is 0 Å². The number of halogens is 1. The summed E-state index contributed by atoms with van der Waals surface area (Å²) in [4.78, 5) is 4.09. The van der Waals surface area contributed by atoms with Gasteiger partial charge < -0.3 is 5.11 Å². The van der Waals surface area contributed by atoms with E-state index >= 15 is 0 Å². The fourth-order valence-corrected chi connectivity index (χ4v) is 1.36. The van der Waals surface area contributed by atoms with Gasteiger partial charge in [-0.05, 0) is 40.5 Å². The minimum atomic E-state index is 0.0714. The van der Waals surface area contributed by atoms with Gasteiger partial charge in [0.25, 0.3) is 0 Å². The number of aliphatic hydroxyl groups excluding tert-OH is 1. The van der Waals surface area contributed by atoms with E-state index in [4.69, 9.17) is 5.11 Å². The molecule has 1 rings (SSSR count). The van der Waals surface area contributed by atoms with Crippen LogP contribution in [0.3, 0.4) is 0 Å². The van der Waals surface area contributed by atoms with Crippen LogP contribution in [0.25, 0.3) is 0 Å². The number of nitrogens with zero attached hydrogens (tertiary/aromatic N) is 1. The summed E-state index contributed by atoms with van der Waals surface area (Å²) >= 11 is 3.23. The first kappa shape index (κ1) is 11.6. The first-order valence-electron chi connectivity index (χ1n) is 3.96. The molecule has 68 valence electrons. The molecule has 1 N–H and O–H groups in total. The van der Waals surface area contributed by atoms with Crippen molar-refractivity contribution in [1.29, 1.82) is 0 Å². The van der Waals surface area contributed by atoms with Crippen molar-refractivity contribution < 1.29 is 5.11 Å². The number of pyridine rings is 1. The quantitative estimate of drug-likeness (QED) is 0.755. The van der Waals surface area contributed by atoms with Gasteiger partial charge in [0.1, 0.15) is 4.60 Å². The summed E-state index contributed by atoms with van der Waals surface area (Å²) in [5, 5.41) is 8.74. The van der Waals surface area contributed by atoms with Crippen molar-refractivity contribution in [3.63, 3.8) is 0 Å². The Bertz CT molecular complexity index is 218. The molecular weight excluding hydrogens is 218 g/mol. The number of hydrogen-bond acceptors (Lipinski definition) is 2. The molecule has 0 aromatic carbocycles. The molecule has 0 saturated heterocycles. The zero-order valence-electron chi connectivity index (χ0n) is 7.63. The molecule has 0 aliphatic heterocycles. The molecule has 0 fully saturated rings. The molecule has 3 heteroatoms. The number of aryl methyl sites for hydroxylation is 1. The van der Waals surface area contributed by atoms with Gasteiger partial charge in [0.15, 0.2) is 0 Å². The fourth-order valence-electron chi connectivity index (χ4n) is 0.787. The Kier molecular flexibility index (Phi) is 5.93. The van der Waals surface area contributed by atoms with E-state index in [1.165, 1.54) is 0 Å². The van der Waals surface area contributed by atoms with Crippen LogP contribution in [-0.4, -0.2) is 10.1 Å². The Balaban J connectivity index is 0.000000561. The second-order valence-corrected chi connectivity index (χ2v) is 2.91. The van der Waals surface area contributed by atoms with Crippen LogP contribution in [0.1, 0.15) is 25.1 Å². The molecule has 0 bridgehead atoms. The molecule has 2 nitrogen and oxygen atoms in total. The highest BCUT2D eigenvalue weighted by Gasteiger charge is 1.94. The zero-order chi connectivity index (χ0) is 9.56. The third-order valence-electron chi connectivity index (χ3n) is 1.16. The highest BCUT2D eigenvalue weighted by molar-refractivity contribution is 9.10. The fraction of sp³-hybridized carbons (Fsp3) is 0.444. The van der Waals surface area contributed by atoms with Crippen molar-refractivity contribution in [2.75, 3.05) is 0 Å². The Labute approximate surface area is 81.8 Å². The molecule has 0 saturated carbocycles. The molecule has 0 aliphatic rings. The van der Waals surface area contributed by atoms with Gasteiger partial charge in [0, 0.05) is 5.69 Å². The zero-order valence-corrected chi connectivity index (χ0v) is 9.22. The molecule has 12 heavy (non-hydrogen) atoms. The van der Waals surface area contributed by atoms with E-state index in [0.717, 1.165) is 15.9 Å². The SMILES string of the molecule is CC.Cc1cc(CO)cc(Br)n1. The molecule has 0 amide bonds. The van der Waals surface area contributed by atoms with E-state index in [1.807, 2.05) is 26.8 Å². The van der Waals surface area contributed by atoms with Crippen LogP contribution in [0.15, 0.2) is 16.7 Å². The summed E-state index contributed by atoms with van der Waals surface area (Å²) < 4.78 is 0.775. The van der Waals surface area contributed by atoms with E-state index in [-0.39, 0.29) is 6.61 Å². The van der Waals surface area contributed by atoms with Gasteiger partial charge in [-0.15, -0.1) is 0 Å². The second kappa shape index (κ2) is 6.14. The van der Waals surface area contributed by atoms with Gasteiger partial charge >= 0.3 is 0 Å². The van der Waals surface area contributed by atoms with E-state index < -0.39 is 0 Å². The summed E-state index contributed by atoms with van der Waals surface area (Å²) in [6, 6.07) is 3.65. The Morgan fingerprint density at radius 2 is 2.00 bits per heavy atom. The molecule has 1 heterocycles. The minimum absolute atomic E-state index is 0.0714. The van der Waals surface area contributed by atoms with Gasteiger partial charge in [-0.25, -0.2) is 4.98 Å². The third-order valence-corrected chi connectivity index (χ3v) is 1.57. The Morgan fingerprint density at radius 1 is 1.42 bits per heavy atom. The molecule has 0 spiro atoms. The van der Waals surface area contributed by atoms with E-state index in [2.05, 4.69) is 20.9 Å². The topological polar surface area (TPSA) is 33.1 Å². The summed E-state index contributed by atoms with van der Waals surface area (Å²) in [7, 11) is 0. The number of aromatic nitrogens is 1. The average molecular weight is 232 g/mol. The van der Waals surface area contributed by atoms with Crippen molar-refractivity contribution in [2.24, 2.45) is 0 Å². The van der Waals surface area contributed by atoms with Crippen LogP contribution < -0.4 is 0 Å². The van der Waals surface area contributed by atoms with Crippen molar-refractivity contribution in [1.82, 2.24) is 4.98 Å². The first-order valence-corrected chi connectivity index (χ1v) is 4.75. The van der Waals surface area contributed by atoms with Crippen molar-refractivity contribution >= 4 is 15.9 Å². The van der Waals surface area contributed by atoms with Crippen LogP contribution in [-0.2, 0) is 6.61 Å². The maximum Gasteiger partial charge on any atom is 0.106 e. The lowest BCUT2D eigenvalue weighted by Gasteiger charge is -1.97. The van der Waals surface area contributed by atoms with Crippen LogP contribution in [0.4, 0.5) is 0 Å². The summed E-state index contributed by atoms with van der Waals surface area (Å²) in [5.74, 6) is 0. The van der Waals surface area contributed by atoms with Crippen LogP contribution >= 0.6 is 15.9 Å². The van der Waals surface area contributed by atoms with Crippen LogP contribution in [0.5, 0.6) is 0 Å². The Hall–Kier alpha value is -0.410. The molecule has 0 aliphatic carbocycles. The standard InChI is InChI=1S/C7H8BrNO.C2H6/c1-5-2-6(4-10)3-7(8)9-5;1-2/h2-3,10H,4H2,1H3;1-2H3. The number of rotatable bonds is 1. The van der Waals surface area contributed by atoms with Gasteiger partial charge in [0.05, 0.1) is 6.61 Å². The molecule has 1 aromatic rings. The van der Waals surface area contributed by atoms with Crippen molar-refractivity contribution in [2.45, 2.75) is 27.4 Å². The minimum Gasteiger partial charge on any atom is -0.392 e. The first-order chi connectivity index (χ1) is 5.72. The largest absolute Gasteiger partial charge is 0.392 e. The predicted molar refractivity (Wildman–Crippen MR) is 53.9 cm³/mol. The van der Waals surface area contributed by atoms with Gasteiger partial charge in [-0.1, -0.05) is 13.8 Å². The molecule has 1 aromatic heterocycles. The summed E-state index contributed by atoms with van der Waals surface area (Å²) in [6.45, 7) is 5.96. The number of aliphatic hydroxyl groups is 1. The molecule has 0 unspecified atom stereocenters. The summed E-state index contributed by atoms with van der Waals surface area (Å²) in [6.07, 6.45) is 0. The predicted octanol–water partition coefficient (Wildman–Crippen LogP) is 2.67. The monoisotopic (exact) mass is 231 g/mol. The highest BCUT2D eigenvalue weighted by atomic mass is 79.9. The van der Waals surface area contributed by atoms with Crippen molar-refractivity contribution in [3.8, 4) is 0 Å². The third kappa shape index (κ3) is 3.83. The summed E-state index contributed by atoms with van der Waals surface area (Å²) in [5.41, 5.74) is 1.80. The molecule has 0 atom stereocenters. The maximum atomic E-state index is 8.74. The van der Waals surface area contributed by atoms with Crippen LogP contribution in [0, 0.1) is 6.92 Å².